The minimum absolute atomic E-state index is 0.497. The molecule has 0 saturated carbocycles. The first-order chi connectivity index (χ1) is 6.45. The summed E-state index contributed by atoms with van der Waals surface area (Å²) in [6.45, 7) is 7.74. The Kier molecular flexibility index (Phi) is 3.17. The Morgan fingerprint density at radius 1 is 1.57 bits per heavy atom. The highest BCUT2D eigenvalue weighted by Gasteiger charge is 2.51. The zero-order chi connectivity index (χ0) is 10.8. The van der Waals surface area contributed by atoms with Crippen molar-refractivity contribution < 1.29 is 14.7 Å². The van der Waals surface area contributed by atoms with Crippen LogP contribution >= 0.6 is 0 Å². The summed E-state index contributed by atoms with van der Waals surface area (Å²) < 4.78 is 5.50. The Morgan fingerprint density at radius 2 is 2.21 bits per heavy atom. The van der Waals surface area contributed by atoms with Crippen molar-refractivity contribution in [3.8, 4) is 0 Å². The Hall–Kier alpha value is -0.610. The van der Waals surface area contributed by atoms with Gasteiger partial charge in [-0.1, -0.05) is 12.1 Å². The molecule has 4 heteroatoms. The molecular formula is C10H19NO3. The molecule has 1 aliphatic heterocycles. The lowest BCUT2D eigenvalue weighted by Crippen LogP contribution is -2.52. The van der Waals surface area contributed by atoms with Crippen LogP contribution in [0.3, 0.4) is 0 Å². The summed E-state index contributed by atoms with van der Waals surface area (Å²) in [5.41, 5.74) is -0.121. The van der Waals surface area contributed by atoms with Crippen LogP contribution in [0.15, 0.2) is 5.16 Å². The molecule has 0 aromatic carbocycles. The fourth-order valence-corrected chi connectivity index (χ4v) is 1.48. The molecular weight excluding hydrogens is 182 g/mol. The molecule has 0 aromatic rings. The van der Waals surface area contributed by atoms with Crippen LogP contribution in [0.2, 0.25) is 0 Å². The van der Waals surface area contributed by atoms with Gasteiger partial charge in [0, 0.05) is 6.61 Å². The SMILES string of the molecule is CCOC1(C(C)(C)O)CC(CC)=NO1. The number of rotatable bonds is 4. The van der Waals surface area contributed by atoms with Gasteiger partial charge in [-0.05, 0) is 27.2 Å². The summed E-state index contributed by atoms with van der Waals surface area (Å²) in [5.74, 6) is -0.993. The van der Waals surface area contributed by atoms with Gasteiger partial charge in [-0.15, -0.1) is 0 Å². The Morgan fingerprint density at radius 3 is 2.57 bits per heavy atom. The Bertz CT molecular complexity index is 232. The molecule has 1 unspecified atom stereocenters. The summed E-state index contributed by atoms with van der Waals surface area (Å²) in [7, 11) is 0. The van der Waals surface area contributed by atoms with Crippen LogP contribution in [0.4, 0.5) is 0 Å². The van der Waals surface area contributed by atoms with E-state index in [-0.39, 0.29) is 0 Å². The van der Waals surface area contributed by atoms with E-state index < -0.39 is 11.4 Å². The van der Waals surface area contributed by atoms with Crippen molar-refractivity contribution in [3.63, 3.8) is 0 Å². The molecule has 0 bridgehead atoms. The van der Waals surface area contributed by atoms with Crippen molar-refractivity contribution >= 4 is 5.71 Å². The molecule has 1 heterocycles. The van der Waals surface area contributed by atoms with Gasteiger partial charge in [0.1, 0.15) is 5.60 Å². The summed E-state index contributed by atoms with van der Waals surface area (Å²) in [4.78, 5) is 5.26. The number of nitrogens with zero attached hydrogens (tertiary/aromatic N) is 1. The molecule has 0 aliphatic carbocycles. The molecule has 82 valence electrons. The highest BCUT2D eigenvalue weighted by Crippen LogP contribution is 2.36. The normalized spacial score (nSPS) is 27.4. The van der Waals surface area contributed by atoms with Gasteiger partial charge in [0.15, 0.2) is 0 Å². The van der Waals surface area contributed by atoms with Gasteiger partial charge in [0.2, 0.25) is 0 Å². The lowest BCUT2D eigenvalue weighted by molar-refractivity contribution is -0.298. The minimum Gasteiger partial charge on any atom is -0.383 e. The smallest absolute Gasteiger partial charge is 0.270 e. The third kappa shape index (κ3) is 1.91. The van der Waals surface area contributed by atoms with Crippen molar-refractivity contribution in [1.29, 1.82) is 0 Å². The van der Waals surface area contributed by atoms with Gasteiger partial charge in [-0.25, -0.2) is 0 Å². The average molecular weight is 201 g/mol. The van der Waals surface area contributed by atoms with E-state index in [1.165, 1.54) is 0 Å². The third-order valence-electron chi connectivity index (χ3n) is 2.48. The predicted octanol–water partition coefficient (Wildman–Crippen LogP) is 1.68. The van der Waals surface area contributed by atoms with E-state index >= 15 is 0 Å². The third-order valence-corrected chi connectivity index (χ3v) is 2.48. The predicted molar refractivity (Wildman–Crippen MR) is 54.1 cm³/mol. The van der Waals surface area contributed by atoms with E-state index in [2.05, 4.69) is 5.16 Å². The number of ether oxygens (including phenoxy) is 1. The number of oxime groups is 1. The quantitative estimate of drug-likeness (QED) is 0.752. The number of hydrogen-bond donors (Lipinski definition) is 1. The minimum atomic E-state index is -1.05. The zero-order valence-electron chi connectivity index (χ0n) is 9.33. The maximum atomic E-state index is 9.99. The Balaban J connectivity index is 2.79. The van der Waals surface area contributed by atoms with E-state index in [1.54, 1.807) is 13.8 Å². The van der Waals surface area contributed by atoms with E-state index in [1.807, 2.05) is 13.8 Å². The standard InChI is InChI=1S/C10H19NO3/c1-5-8-7-10(13-6-2,14-11-8)9(3,4)12/h12H,5-7H2,1-4H3. The molecule has 14 heavy (non-hydrogen) atoms. The van der Waals surface area contributed by atoms with Crippen molar-refractivity contribution in [2.75, 3.05) is 6.61 Å². The monoisotopic (exact) mass is 201 g/mol. The van der Waals surface area contributed by atoms with E-state index in [4.69, 9.17) is 9.57 Å². The van der Waals surface area contributed by atoms with Crippen LogP contribution in [0, 0.1) is 0 Å². The van der Waals surface area contributed by atoms with Crippen molar-refractivity contribution in [1.82, 2.24) is 0 Å². The molecule has 0 saturated heterocycles. The number of hydrogen-bond acceptors (Lipinski definition) is 4. The van der Waals surface area contributed by atoms with Crippen LogP contribution in [-0.4, -0.2) is 28.8 Å². The van der Waals surface area contributed by atoms with Crippen LogP contribution < -0.4 is 0 Å². The Labute approximate surface area is 84.9 Å². The van der Waals surface area contributed by atoms with Crippen molar-refractivity contribution in [2.45, 2.75) is 51.9 Å². The molecule has 4 nitrogen and oxygen atoms in total. The van der Waals surface area contributed by atoms with Gasteiger partial charge in [0.25, 0.3) is 5.79 Å². The first-order valence-electron chi connectivity index (χ1n) is 5.05. The molecule has 1 rings (SSSR count). The van der Waals surface area contributed by atoms with Crippen LogP contribution in [-0.2, 0) is 9.57 Å². The molecule has 0 fully saturated rings. The molecule has 0 amide bonds. The van der Waals surface area contributed by atoms with Crippen molar-refractivity contribution in [2.24, 2.45) is 5.16 Å². The summed E-state index contributed by atoms with van der Waals surface area (Å²) in [6, 6.07) is 0. The van der Waals surface area contributed by atoms with Crippen molar-refractivity contribution in [3.05, 3.63) is 0 Å². The fourth-order valence-electron chi connectivity index (χ4n) is 1.48. The van der Waals surface area contributed by atoms with Gasteiger partial charge >= 0.3 is 0 Å². The zero-order valence-corrected chi connectivity index (χ0v) is 9.33. The van der Waals surface area contributed by atoms with Gasteiger partial charge in [0.05, 0.1) is 12.1 Å². The topological polar surface area (TPSA) is 51.0 Å². The molecule has 0 spiro atoms. The number of aliphatic hydroxyl groups is 1. The summed E-state index contributed by atoms with van der Waals surface area (Å²) in [6.07, 6.45) is 1.37. The lowest BCUT2D eigenvalue weighted by atomic mass is 9.92. The lowest BCUT2D eigenvalue weighted by Gasteiger charge is -2.36. The highest BCUT2D eigenvalue weighted by molar-refractivity contribution is 5.85. The highest BCUT2D eigenvalue weighted by atomic mass is 16.8. The molecule has 1 aliphatic rings. The molecule has 0 radical (unpaired) electrons. The second-order valence-corrected chi connectivity index (χ2v) is 4.02. The van der Waals surface area contributed by atoms with Crippen LogP contribution in [0.25, 0.3) is 0 Å². The molecule has 1 atom stereocenters. The second kappa shape index (κ2) is 3.87. The first kappa shape index (κ1) is 11.5. The molecule has 0 aromatic heterocycles. The van der Waals surface area contributed by atoms with E-state index in [0.29, 0.717) is 13.0 Å². The summed E-state index contributed by atoms with van der Waals surface area (Å²) in [5, 5.41) is 13.9. The van der Waals surface area contributed by atoms with Gasteiger partial charge in [-0.2, -0.15) is 0 Å². The van der Waals surface area contributed by atoms with Gasteiger partial charge < -0.3 is 14.7 Å². The van der Waals surface area contributed by atoms with E-state index in [9.17, 15) is 5.11 Å². The maximum Gasteiger partial charge on any atom is 0.270 e. The largest absolute Gasteiger partial charge is 0.383 e. The average Bonchev–Trinajstić information content (AvgIpc) is 2.49. The van der Waals surface area contributed by atoms with Gasteiger partial charge in [-0.3, -0.25) is 0 Å². The molecule has 1 N–H and O–H groups in total. The summed E-state index contributed by atoms with van der Waals surface area (Å²) >= 11 is 0. The van der Waals surface area contributed by atoms with Crippen LogP contribution in [0.5, 0.6) is 0 Å². The van der Waals surface area contributed by atoms with E-state index in [0.717, 1.165) is 12.1 Å². The van der Waals surface area contributed by atoms with Crippen LogP contribution in [0.1, 0.15) is 40.5 Å². The fraction of sp³-hybridized carbons (Fsp3) is 0.900. The first-order valence-corrected chi connectivity index (χ1v) is 5.05. The second-order valence-electron chi connectivity index (χ2n) is 4.02. The maximum absolute atomic E-state index is 9.99.